The Bertz CT molecular complexity index is 344. The van der Waals surface area contributed by atoms with Crippen molar-refractivity contribution < 1.29 is 4.74 Å². The molecule has 0 unspecified atom stereocenters. The molecule has 0 saturated carbocycles. The molecule has 1 rings (SSSR count). The molecule has 0 spiro atoms. The SMILES string of the molecule is COc1cc(NCCC(C)(C)C)ccc1Br. The van der Waals surface area contributed by atoms with Crippen LogP contribution in [-0.4, -0.2) is 13.7 Å². The van der Waals surface area contributed by atoms with Crippen LogP contribution in [0.2, 0.25) is 0 Å². The van der Waals surface area contributed by atoms with E-state index in [-0.39, 0.29) is 0 Å². The second-order valence-electron chi connectivity index (χ2n) is 5.09. The molecule has 0 aromatic heterocycles. The van der Waals surface area contributed by atoms with Gasteiger partial charge in [0.15, 0.2) is 0 Å². The molecule has 0 heterocycles. The number of benzene rings is 1. The van der Waals surface area contributed by atoms with Crippen molar-refractivity contribution in [3.05, 3.63) is 22.7 Å². The van der Waals surface area contributed by atoms with Crippen LogP contribution in [0.4, 0.5) is 5.69 Å². The number of ether oxygens (including phenoxy) is 1. The molecule has 0 bridgehead atoms. The molecule has 0 fully saturated rings. The Kier molecular flexibility index (Phi) is 4.66. The number of rotatable bonds is 4. The van der Waals surface area contributed by atoms with Crippen LogP contribution < -0.4 is 10.1 Å². The summed E-state index contributed by atoms with van der Waals surface area (Å²) in [7, 11) is 1.68. The maximum absolute atomic E-state index is 5.25. The van der Waals surface area contributed by atoms with Gasteiger partial charge < -0.3 is 10.1 Å². The van der Waals surface area contributed by atoms with Gasteiger partial charge in [-0.05, 0) is 39.9 Å². The maximum Gasteiger partial charge on any atom is 0.135 e. The maximum atomic E-state index is 5.25. The van der Waals surface area contributed by atoms with Gasteiger partial charge in [-0.2, -0.15) is 0 Å². The molecule has 0 aliphatic rings. The van der Waals surface area contributed by atoms with E-state index < -0.39 is 0 Å². The lowest BCUT2D eigenvalue weighted by atomic mass is 9.92. The van der Waals surface area contributed by atoms with Gasteiger partial charge in [-0.25, -0.2) is 0 Å². The number of anilines is 1. The molecule has 1 aromatic rings. The van der Waals surface area contributed by atoms with E-state index in [1.165, 1.54) is 0 Å². The zero-order valence-electron chi connectivity index (χ0n) is 10.4. The van der Waals surface area contributed by atoms with Gasteiger partial charge in [0.1, 0.15) is 5.75 Å². The minimum atomic E-state index is 0.368. The topological polar surface area (TPSA) is 21.3 Å². The van der Waals surface area contributed by atoms with E-state index in [4.69, 9.17) is 4.74 Å². The van der Waals surface area contributed by atoms with E-state index in [1.54, 1.807) is 7.11 Å². The lowest BCUT2D eigenvalue weighted by molar-refractivity contribution is 0.389. The molecule has 0 amide bonds. The highest BCUT2D eigenvalue weighted by atomic mass is 79.9. The minimum Gasteiger partial charge on any atom is -0.495 e. The van der Waals surface area contributed by atoms with Gasteiger partial charge in [-0.1, -0.05) is 20.8 Å². The summed E-state index contributed by atoms with van der Waals surface area (Å²) in [5.41, 5.74) is 1.47. The second-order valence-corrected chi connectivity index (χ2v) is 5.94. The van der Waals surface area contributed by atoms with E-state index in [0.29, 0.717) is 5.41 Å². The summed E-state index contributed by atoms with van der Waals surface area (Å²) >= 11 is 3.44. The summed E-state index contributed by atoms with van der Waals surface area (Å²) in [6.45, 7) is 7.72. The summed E-state index contributed by atoms with van der Waals surface area (Å²) in [6.07, 6.45) is 1.14. The largest absolute Gasteiger partial charge is 0.495 e. The number of nitrogens with one attached hydrogen (secondary N) is 1. The van der Waals surface area contributed by atoms with Gasteiger partial charge >= 0.3 is 0 Å². The highest BCUT2D eigenvalue weighted by molar-refractivity contribution is 9.10. The third-order valence-corrected chi connectivity index (χ3v) is 3.01. The third-order valence-electron chi connectivity index (χ3n) is 2.36. The van der Waals surface area contributed by atoms with Crippen molar-refractivity contribution in [3.8, 4) is 5.75 Å². The van der Waals surface area contributed by atoms with Crippen LogP contribution in [0.5, 0.6) is 5.75 Å². The second kappa shape index (κ2) is 5.58. The van der Waals surface area contributed by atoms with Gasteiger partial charge in [0.05, 0.1) is 11.6 Å². The lowest BCUT2D eigenvalue weighted by Crippen LogP contribution is -2.12. The van der Waals surface area contributed by atoms with Gasteiger partial charge in [-0.15, -0.1) is 0 Å². The van der Waals surface area contributed by atoms with E-state index in [2.05, 4.69) is 48.1 Å². The number of hydrogen-bond acceptors (Lipinski definition) is 2. The van der Waals surface area contributed by atoms with Crippen LogP contribution in [0, 0.1) is 5.41 Å². The predicted octanol–water partition coefficient (Wildman–Crippen LogP) is 4.31. The Morgan fingerprint density at radius 1 is 1.31 bits per heavy atom. The fourth-order valence-corrected chi connectivity index (χ4v) is 1.76. The molecule has 2 nitrogen and oxygen atoms in total. The average Bonchev–Trinajstić information content (AvgIpc) is 2.18. The lowest BCUT2D eigenvalue weighted by Gasteiger charge is -2.18. The van der Waals surface area contributed by atoms with E-state index in [1.807, 2.05) is 12.1 Å². The third kappa shape index (κ3) is 4.44. The fourth-order valence-electron chi connectivity index (χ4n) is 1.35. The molecule has 0 atom stereocenters. The zero-order chi connectivity index (χ0) is 12.2. The Labute approximate surface area is 107 Å². The zero-order valence-corrected chi connectivity index (χ0v) is 12.0. The van der Waals surface area contributed by atoms with Gasteiger partial charge in [0.2, 0.25) is 0 Å². The Hall–Kier alpha value is -0.700. The molecule has 1 aromatic carbocycles. The van der Waals surface area contributed by atoms with Gasteiger partial charge in [0, 0.05) is 18.3 Å². The number of halogens is 1. The van der Waals surface area contributed by atoms with E-state index in [9.17, 15) is 0 Å². The van der Waals surface area contributed by atoms with Crippen molar-refractivity contribution in [2.75, 3.05) is 19.0 Å². The Morgan fingerprint density at radius 2 is 2.00 bits per heavy atom. The highest BCUT2D eigenvalue weighted by Crippen LogP contribution is 2.28. The van der Waals surface area contributed by atoms with Crippen LogP contribution in [0.1, 0.15) is 27.2 Å². The van der Waals surface area contributed by atoms with Crippen molar-refractivity contribution in [3.63, 3.8) is 0 Å². The van der Waals surface area contributed by atoms with Crippen LogP contribution in [0.15, 0.2) is 22.7 Å². The molecule has 16 heavy (non-hydrogen) atoms. The van der Waals surface area contributed by atoms with E-state index in [0.717, 1.165) is 28.9 Å². The average molecular weight is 286 g/mol. The molecule has 0 aliphatic heterocycles. The molecule has 3 heteroatoms. The number of methoxy groups -OCH3 is 1. The molecular weight excluding hydrogens is 266 g/mol. The van der Waals surface area contributed by atoms with Crippen LogP contribution in [0.3, 0.4) is 0 Å². The monoisotopic (exact) mass is 285 g/mol. The van der Waals surface area contributed by atoms with Gasteiger partial charge in [-0.3, -0.25) is 0 Å². The van der Waals surface area contributed by atoms with Crippen molar-refractivity contribution in [2.45, 2.75) is 27.2 Å². The standard InChI is InChI=1S/C13H20BrNO/c1-13(2,3)7-8-15-10-5-6-11(14)12(9-10)16-4/h5-6,9,15H,7-8H2,1-4H3. The summed E-state index contributed by atoms with van der Waals surface area (Å²) < 4.78 is 6.23. The molecule has 0 saturated heterocycles. The minimum absolute atomic E-state index is 0.368. The first-order valence-electron chi connectivity index (χ1n) is 5.50. The van der Waals surface area contributed by atoms with Crippen molar-refractivity contribution in [2.24, 2.45) is 5.41 Å². The molecule has 0 radical (unpaired) electrons. The van der Waals surface area contributed by atoms with Crippen molar-refractivity contribution >= 4 is 21.6 Å². The first-order valence-corrected chi connectivity index (χ1v) is 6.29. The first-order chi connectivity index (χ1) is 7.42. The summed E-state index contributed by atoms with van der Waals surface area (Å²) in [4.78, 5) is 0. The van der Waals surface area contributed by atoms with Crippen LogP contribution in [0.25, 0.3) is 0 Å². The molecule has 0 aliphatic carbocycles. The van der Waals surface area contributed by atoms with Gasteiger partial charge in [0.25, 0.3) is 0 Å². The Morgan fingerprint density at radius 3 is 2.56 bits per heavy atom. The normalized spacial score (nSPS) is 11.3. The van der Waals surface area contributed by atoms with Crippen molar-refractivity contribution in [1.29, 1.82) is 0 Å². The summed E-state index contributed by atoms with van der Waals surface area (Å²) in [5.74, 6) is 0.862. The smallest absolute Gasteiger partial charge is 0.135 e. The highest BCUT2D eigenvalue weighted by Gasteiger charge is 2.09. The van der Waals surface area contributed by atoms with Crippen molar-refractivity contribution in [1.82, 2.24) is 0 Å². The Balaban J connectivity index is 2.55. The molecule has 1 N–H and O–H groups in total. The fraction of sp³-hybridized carbons (Fsp3) is 0.538. The predicted molar refractivity (Wildman–Crippen MR) is 73.3 cm³/mol. The van der Waals surface area contributed by atoms with E-state index >= 15 is 0 Å². The number of hydrogen-bond donors (Lipinski definition) is 1. The quantitative estimate of drug-likeness (QED) is 0.890. The first kappa shape index (κ1) is 13.4. The van der Waals surface area contributed by atoms with Crippen LogP contribution in [-0.2, 0) is 0 Å². The van der Waals surface area contributed by atoms with Crippen LogP contribution >= 0.6 is 15.9 Å². The molecule has 90 valence electrons. The summed E-state index contributed by atoms with van der Waals surface area (Å²) in [5, 5.41) is 3.40. The summed E-state index contributed by atoms with van der Waals surface area (Å²) in [6, 6.07) is 6.06. The molecular formula is C13H20BrNO.